The largest absolute Gasteiger partial charge is 0.363 e. The van der Waals surface area contributed by atoms with Crippen molar-refractivity contribution in [1.82, 2.24) is 4.98 Å². The number of aromatic nitrogens is 1. The minimum atomic E-state index is -0.193. The van der Waals surface area contributed by atoms with E-state index < -0.39 is 0 Å². The number of fused-ring (bicyclic) bond motifs is 1. The van der Waals surface area contributed by atoms with Gasteiger partial charge in [-0.3, -0.25) is 0 Å². The molecule has 1 unspecified atom stereocenters. The van der Waals surface area contributed by atoms with Crippen LogP contribution in [0.2, 0.25) is 0 Å². The fourth-order valence-corrected chi connectivity index (χ4v) is 1.81. The standard InChI is InChI=1S/C15H19ClN2/c1-10-9-12-7-5-6-8-13(12)17-14(10)18-15(3,4)11(2)16/h5-9,11H,1-4H3,(H,17,18). The predicted octanol–water partition coefficient (Wildman–Crippen LogP) is 4.36. The topological polar surface area (TPSA) is 24.9 Å². The first-order valence-corrected chi connectivity index (χ1v) is 6.62. The quantitative estimate of drug-likeness (QED) is 0.832. The van der Waals surface area contributed by atoms with Gasteiger partial charge >= 0.3 is 0 Å². The van der Waals surface area contributed by atoms with Crippen molar-refractivity contribution in [3.8, 4) is 0 Å². The third-order valence-corrected chi connectivity index (χ3v) is 3.90. The predicted molar refractivity (Wildman–Crippen MR) is 79.5 cm³/mol. The maximum Gasteiger partial charge on any atom is 0.130 e. The van der Waals surface area contributed by atoms with Gasteiger partial charge in [0.15, 0.2) is 0 Å². The maximum atomic E-state index is 6.20. The molecule has 0 aliphatic carbocycles. The van der Waals surface area contributed by atoms with E-state index in [0.717, 1.165) is 22.3 Å². The number of rotatable bonds is 3. The van der Waals surface area contributed by atoms with Crippen LogP contribution in [0.3, 0.4) is 0 Å². The van der Waals surface area contributed by atoms with Crippen LogP contribution in [-0.2, 0) is 0 Å². The normalized spacial score (nSPS) is 13.6. The second-order valence-electron chi connectivity index (χ2n) is 5.31. The third kappa shape index (κ3) is 2.59. The molecule has 0 spiro atoms. The van der Waals surface area contributed by atoms with E-state index in [4.69, 9.17) is 11.6 Å². The lowest BCUT2D eigenvalue weighted by molar-refractivity contribution is 0.552. The monoisotopic (exact) mass is 262 g/mol. The van der Waals surface area contributed by atoms with Crippen LogP contribution in [0.1, 0.15) is 26.3 Å². The van der Waals surface area contributed by atoms with Crippen LogP contribution in [-0.4, -0.2) is 15.9 Å². The van der Waals surface area contributed by atoms with Gasteiger partial charge in [-0.1, -0.05) is 18.2 Å². The molecule has 0 saturated carbocycles. The number of aryl methyl sites for hydroxylation is 1. The van der Waals surface area contributed by atoms with Crippen LogP contribution >= 0.6 is 11.6 Å². The number of pyridine rings is 1. The van der Waals surface area contributed by atoms with Crippen LogP contribution in [0.5, 0.6) is 0 Å². The van der Waals surface area contributed by atoms with Crippen molar-refractivity contribution in [3.05, 3.63) is 35.9 Å². The van der Waals surface area contributed by atoms with Gasteiger partial charge < -0.3 is 5.32 Å². The van der Waals surface area contributed by atoms with E-state index in [1.165, 1.54) is 0 Å². The maximum absolute atomic E-state index is 6.20. The van der Waals surface area contributed by atoms with Gasteiger partial charge in [-0.05, 0) is 45.4 Å². The summed E-state index contributed by atoms with van der Waals surface area (Å²) in [6.45, 7) is 8.23. The molecule has 1 heterocycles. The van der Waals surface area contributed by atoms with E-state index >= 15 is 0 Å². The van der Waals surface area contributed by atoms with E-state index in [2.05, 4.69) is 43.2 Å². The van der Waals surface area contributed by atoms with E-state index in [1.54, 1.807) is 0 Å². The zero-order chi connectivity index (χ0) is 13.3. The van der Waals surface area contributed by atoms with Crippen molar-refractivity contribution in [2.24, 2.45) is 0 Å². The Morgan fingerprint density at radius 1 is 1.28 bits per heavy atom. The summed E-state index contributed by atoms with van der Waals surface area (Å²) in [6.07, 6.45) is 0. The number of hydrogen-bond acceptors (Lipinski definition) is 2. The van der Waals surface area contributed by atoms with Crippen molar-refractivity contribution in [2.45, 2.75) is 38.6 Å². The molecule has 0 radical (unpaired) electrons. The molecule has 2 nitrogen and oxygen atoms in total. The summed E-state index contributed by atoms with van der Waals surface area (Å²) in [5, 5.41) is 4.62. The Balaban J connectivity index is 2.42. The molecular formula is C15H19ClN2. The zero-order valence-corrected chi connectivity index (χ0v) is 12.0. The molecule has 3 heteroatoms. The highest BCUT2D eigenvalue weighted by Crippen LogP contribution is 2.25. The molecule has 0 aliphatic heterocycles. The Morgan fingerprint density at radius 2 is 1.94 bits per heavy atom. The van der Waals surface area contributed by atoms with Gasteiger partial charge in [0.25, 0.3) is 0 Å². The fourth-order valence-electron chi connectivity index (χ4n) is 1.75. The van der Waals surface area contributed by atoms with Crippen molar-refractivity contribution in [2.75, 3.05) is 5.32 Å². The number of hydrogen-bond donors (Lipinski definition) is 1. The molecule has 96 valence electrons. The molecule has 2 rings (SSSR count). The smallest absolute Gasteiger partial charge is 0.130 e. The van der Waals surface area contributed by atoms with Crippen LogP contribution in [0.15, 0.2) is 30.3 Å². The molecule has 0 fully saturated rings. The van der Waals surface area contributed by atoms with Crippen LogP contribution in [0, 0.1) is 6.92 Å². The Bertz CT molecular complexity index is 561. The number of anilines is 1. The molecule has 0 amide bonds. The van der Waals surface area contributed by atoms with E-state index in [9.17, 15) is 0 Å². The summed E-state index contributed by atoms with van der Waals surface area (Å²) in [4.78, 5) is 4.67. The summed E-state index contributed by atoms with van der Waals surface area (Å²) >= 11 is 6.20. The van der Waals surface area contributed by atoms with Crippen molar-refractivity contribution >= 4 is 28.3 Å². The average Bonchev–Trinajstić information content (AvgIpc) is 2.29. The SMILES string of the molecule is Cc1cc2ccccc2nc1NC(C)(C)C(C)Cl. The molecule has 2 aromatic rings. The first kappa shape index (κ1) is 13.2. The lowest BCUT2D eigenvalue weighted by Crippen LogP contribution is -2.39. The summed E-state index contributed by atoms with van der Waals surface area (Å²) in [7, 11) is 0. The number of benzene rings is 1. The second kappa shape index (κ2) is 4.77. The molecule has 18 heavy (non-hydrogen) atoms. The summed E-state index contributed by atoms with van der Waals surface area (Å²) in [5.74, 6) is 0.909. The number of nitrogens with one attached hydrogen (secondary N) is 1. The highest BCUT2D eigenvalue weighted by Gasteiger charge is 2.24. The van der Waals surface area contributed by atoms with Gasteiger partial charge in [-0.25, -0.2) is 4.98 Å². The highest BCUT2D eigenvalue weighted by atomic mass is 35.5. The molecule has 0 saturated heterocycles. The van der Waals surface area contributed by atoms with Crippen molar-refractivity contribution in [1.29, 1.82) is 0 Å². The Labute approximate surface area is 113 Å². The van der Waals surface area contributed by atoms with Crippen LogP contribution < -0.4 is 5.32 Å². The Hall–Kier alpha value is -1.28. The van der Waals surface area contributed by atoms with Gasteiger partial charge in [0.05, 0.1) is 10.9 Å². The summed E-state index contributed by atoms with van der Waals surface area (Å²) in [5.41, 5.74) is 1.95. The average molecular weight is 263 g/mol. The van der Waals surface area contributed by atoms with Crippen LogP contribution in [0.4, 0.5) is 5.82 Å². The first-order chi connectivity index (χ1) is 8.40. The van der Waals surface area contributed by atoms with Gasteiger partial charge in [0, 0.05) is 10.9 Å². The summed E-state index contributed by atoms with van der Waals surface area (Å²) < 4.78 is 0. The minimum absolute atomic E-state index is 0.0187. The lowest BCUT2D eigenvalue weighted by Gasteiger charge is -2.30. The molecular weight excluding hydrogens is 244 g/mol. The zero-order valence-electron chi connectivity index (χ0n) is 11.3. The molecule has 1 aromatic carbocycles. The Morgan fingerprint density at radius 3 is 2.61 bits per heavy atom. The first-order valence-electron chi connectivity index (χ1n) is 6.19. The van der Waals surface area contributed by atoms with E-state index in [-0.39, 0.29) is 10.9 Å². The third-order valence-electron chi connectivity index (χ3n) is 3.35. The molecule has 0 aliphatic rings. The van der Waals surface area contributed by atoms with Gasteiger partial charge in [0.1, 0.15) is 5.82 Å². The molecule has 1 aromatic heterocycles. The van der Waals surface area contributed by atoms with E-state index in [1.807, 2.05) is 25.1 Å². The molecule has 0 bridgehead atoms. The number of alkyl halides is 1. The fraction of sp³-hybridized carbons (Fsp3) is 0.400. The van der Waals surface area contributed by atoms with Gasteiger partial charge in [0.2, 0.25) is 0 Å². The summed E-state index contributed by atoms with van der Waals surface area (Å²) in [6, 6.07) is 10.3. The Kier molecular flexibility index (Phi) is 3.49. The second-order valence-corrected chi connectivity index (χ2v) is 5.96. The lowest BCUT2D eigenvalue weighted by atomic mass is 10.0. The number of halogens is 1. The highest BCUT2D eigenvalue weighted by molar-refractivity contribution is 6.21. The number of para-hydroxylation sites is 1. The minimum Gasteiger partial charge on any atom is -0.363 e. The molecule has 1 atom stereocenters. The van der Waals surface area contributed by atoms with Gasteiger partial charge in [-0.2, -0.15) is 0 Å². The van der Waals surface area contributed by atoms with E-state index in [0.29, 0.717) is 0 Å². The van der Waals surface area contributed by atoms with Gasteiger partial charge in [-0.15, -0.1) is 11.6 Å². The van der Waals surface area contributed by atoms with Crippen LogP contribution in [0.25, 0.3) is 10.9 Å². The van der Waals surface area contributed by atoms with Crippen molar-refractivity contribution < 1.29 is 0 Å². The van der Waals surface area contributed by atoms with Crippen molar-refractivity contribution in [3.63, 3.8) is 0 Å². The molecule has 1 N–H and O–H groups in total. The number of nitrogens with zero attached hydrogens (tertiary/aromatic N) is 1.